The highest BCUT2D eigenvalue weighted by Crippen LogP contribution is 2.21. The Labute approximate surface area is 146 Å². The number of hydrogen-bond acceptors (Lipinski definition) is 4. The minimum Gasteiger partial charge on any atom is -0.356 e. The van der Waals surface area contributed by atoms with E-state index in [2.05, 4.69) is 45.3 Å². The number of halogens is 1. The van der Waals surface area contributed by atoms with Crippen LogP contribution in [0, 0.1) is 5.82 Å². The van der Waals surface area contributed by atoms with Crippen LogP contribution in [0.1, 0.15) is 11.3 Å². The van der Waals surface area contributed by atoms with Gasteiger partial charge in [0, 0.05) is 50.7 Å². The van der Waals surface area contributed by atoms with E-state index in [1.807, 2.05) is 0 Å². The topological polar surface area (TPSA) is 32.5 Å². The number of piperazine rings is 1. The molecule has 0 aliphatic carbocycles. The van der Waals surface area contributed by atoms with E-state index < -0.39 is 0 Å². The number of nitrogens with zero attached hydrogens (tertiary/aromatic N) is 3. The maximum Gasteiger partial charge on any atom is 0.170 e. The average Bonchev–Trinajstić information content (AvgIpc) is 3.04. The second-order valence-electron chi connectivity index (χ2n) is 6.62. The molecule has 0 spiro atoms. The molecule has 2 heterocycles. The minimum absolute atomic E-state index is 0.290. The highest BCUT2D eigenvalue weighted by molar-refractivity contribution is 5.79. The third-order valence-corrected chi connectivity index (χ3v) is 4.91. The van der Waals surface area contributed by atoms with Crippen molar-refractivity contribution >= 4 is 11.0 Å². The number of hydrogen-bond donors (Lipinski definition) is 0. The van der Waals surface area contributed by atoms with Gasteiger partial charge in [0.15, 0.2) is 5.58 Å². The molecule has 1 saturated heterocycles. The van der Waals surface area contributed by atoms with Gasteiger partial charge in [0.2, 0.25) is 0 Å². The van der Waals surface area contributed by atoms with Gasteiger partial charge in [-0.2, -0.15) is 0 Å². The van der Waals surface area contributed by atoms with Crippen LogP contribution in [0.15, 0.2) is 53.1 Å². The molecule has 0 unspecified atom stereocenters. The van der Waals surface area contributed by atoms with Crippen LogP contribution in [0.5, 0.6) is 0 Å². The van der Waals surface area contributed by atoms with Gasteiger partial charge in [-0.1, -0.05) is 35.5 Å². The summed E-state index contributed by atoms with van der Waals surface area (Å²) in [6.45, 7) is 6.03. The second kappa shape index (κ2) is 7.33. The Morgan fingerprint density at radius 2 is 1.72 bits per heavy atom. The Bertz CT molecular complexity index is 825. The largest absolute Gasteiger partial charge is 0.356 e. The molecule has 0 N–H and O–H groups in total. The van der Waals surface area contributed by atoms with E-state index in [1.54, 1.807) is 6.07 Å². The smallest absolute Gasteiger partial charge is 0.170 e. The van der Waals surface area contributed by atoms with Crippen molar-refractivity contribution < 1.29 is 8.91 Å². The molecule has 25 heavy (non-hydrogen) atoms. The van der Waals surface area contributed by atoms with Gasteiger partial charge in [0.1, 0.15) is 11.5 Å². The predicted octanol–water partition coefficient (Wildman–Crippen LogP) is 3.33. The van der Waals surface area contributed by atoms with Crippen molar-refractivity contribution in [3.63, 3.8) is 0 Å². The van der Waals surface area contributed by atoms with Crippen molar-refractivity contribution in [2.45, 2.75) is 13.0 Å². The first kappa shape index (κ1) is 16.2. The van der Waals surface area contributed by atoms with Crippen LogP contribution in [-0.4, -0.2) is 47.7 Å². The van der Waals surface area contributed by atoms with Crippen molar-refractivity contribution in [2.75, 3.05) is 32.7 Å². The summed E-state index contributed by atoms with van der Waals surface area (Å²) in [6.07, 6.45) is 1.10. The van der Waals surface area contributed by atoms with E-state index in [-0.39, 0.29) is 5.82 Å². The molecule has 130 valence electrons. The zero-order valence-electron chi connectivity index (χ0n) is 14.2. The Morgan fingerprint density at radius 1 is 0.960 bits per heavy atom. The molecule has 1 aliphatic rings. The number of fused-ring (bicyclic) bond motifs is 1. The summed E-state index contributed by atoms with van der Waals surface area (Å²) in [7, 11) is 0. The van der Waals surface area contributed by atoms with Gasteiger partial charge in [-0.3, -0.25) is 4.90 Å². The molecule has 0 amide bonds. The summed E-state index contributed by atoms with van der Waals surface area (Å²) in [5.41, 5.74) is 2.82. The molecule has 1 aromatic heterocycles. The Balaban J connectivity index is 1.30. The molecule has 0 saturated carbocycles. The standard InChI is InChI=1S/C20H22FN3O/c21-17-6-7-18-19(22-25-20(18)14-17)15-24-12-10-23(11-13-24)9-8-16-4-2-1-3-5-16/h1-7,14H,8-13,15H2. The minimum atomic E-state index is -0.290. The second-order valence-corrected chi connectivity index (χ2v) is 6.62. The van der Waals surface area contributed by atoms with Crippen molar-refractivity contribution in [2.24, 2.45) is 0 Å². The third-order valence-electron chi connectivity index (χ3n) is 4.91. The molecule has 0 bridgehead atoms. The maximum absolute atomic E-state index is 13.2. The van der Waals surface area contributed by atoms with Gasteiger partial charge in [-0.15, -0.1) is 0 Å². The van der Waals surface area contributed by atoms with E-state index in [0.29, 0.717) is 5.58 Å². The van der Waals surface area contributed by atoms with Crippen molar-refractivity contribution in [1.29, 1.82) is 0 Å². The highest BCUT2D eigenvalue weighted by Gasteiger charge is 2.19. The van der Waals surface area contributed by atoms with Crippen LogP contribution >= 0.6 is 0 Å². The lowest BCUT2D eigenvalue weighted by atomic mass is 10.1. The van der Waals surface area contributed by atoms with Crippen LogP contribution in [0.25, 0.3) is 11.0 Å². The van der Waals surface area contributed by atoms with Gasteiger partial charge in [0.25, 0.3) is 0 Å². The fourth-order valence-corrected chi connectivity index (χ4v) is 3.39. The summed E-state index contributed by atoms with van der Waals surface area (Å²) in [5, 5.41) is 5.04. The summed E-state index contributed by atoms with van der Waals surface area (Å²) >= 11 is 0. The molecule has 1 aliphatic heterocycles. The van der Waals surface area contributed by atoms with Gasteiger partial charge in [-0.05, 0) is 24.1 Å². The van der Waals surface area contributed by atoms with Crippen LogP contribution in [0.3, 0.4) is 0 Å². The summed E-state index contributed by atoms with van der Waals surface area (Å²) in [6, 6.07) is 15.3. The van der Waals surface area contributed by atoms with Crippen molar-refractivity contribution in [1.82, 2.24) is 15.0 Å². The zero-order valence-corrected chi connectivity index (χ0v) is 14.2. The van der Waals surface area contributed by atoms with E-state index in [9.17, 15) is 4.39 Å². The molecule has 4 rings (SSSR count). The molecule has 5 heteroatoms. The molecule has 0 radical (unpaired) electrons. The van der Waals surface area contributed by atoms with E-state index >= 15 is 0 Å². The number of rotatable bonds is 5. The van der Waals surface area contributed by atoms with Crippen molar-refractivity contribution in [3.8, 4) is 0 Å². The van der Waals surface area contributed by atoms with Gasteiger partial charge in [0.05, 0.1) is 0 Å². The van der Waals surface area contributed by atoms with Crippen LogP contribution in [-0.2, 0) is 13.0 Å². The molecular formula is C20H22FN3O. The monoisotopic (exact) mass is 339 g/mol. The Morgan fingerprint density at radius 3 is 2.52 bits per heavy atom. The Hall–Kier alpha value is -2.24. The summed E-state index contributed by atoms with van der Waals surface area (Å²) in [4.78, 5) is 4.90. The number of benzene rings is 2. The maximum atomic E-state index is 13.2. The molecule has 0 atom stereocenters. The molecular weight excluding hydrogens is 317 g/mol. The molecule has 1 fully saturated rings. The van der Waals surface area contributed by atoms with E-state index in [1.165, 1.54) is 17.7 Å². The molecule has 2 aromatic carbocycles. The van der Waals surface area contributed by atoms with Crippen LogP contribution < -0.4 is 0 Å². The molecule has 3 aromatic rings. The summed E-state index contributed by atoms with van der Waals surface area (Å²) in [5.74, 6) is -0.290. The van der Waals surface area contributed by atoms with Crippen molar-refractivity contribution in [3.05, 3.63) is 65.6 Å². The fraction of sp³-hybridized carbons (Fsp3) is 0.350. The lowest BCUT2D eigenvalue weighted by Gasteiger charge is -2.34. The lowest BCUT2D eigenvalue weighted by Crippen LogP contribution is -2.46. The zero-order chi connectivity index (χ0) is 17.1. The third kappa shape index (κ3) is 3.89. The predicted molar refractivity (Wildman–Crippen MR) is 95.8 cm³/mol. The molecule has 4 nitrogen and oxygen atoms in total. The number of aromatic nitrogens is 1. The Kier molecular flexibility index (Phi) is 4.76. The lowest BCUT2D eigenvalue weighted by molar-refractivity contribution is 0.126. The first-order chi connectivity index (χ1) is 12.3. The van der Waals surface area contributed by atoms with E-state index in [0.717, 1.165) is 56.8 Å². The van der Waals surface area contributed by atoms with Gasteiger partial charge in [-0.25, -0.2) is 4.39 Å². The SMILES string of the molecule is Fc1ccc2c(CN3CCN(CCc4ccccc4)CC3)noc2c1. The van der Waals surface area contributed by atoms with E-state index in [4.69, 9.17) is 4.52 Å². The quantitative estimate of drug-likeness (QED) is 0.714. The highest BCUT2D eigenvalue weighted by atomic mass is 19.1. The summed E-state index contributed by atoms with van der Waals surface area (Å²) < 4.78 is 18.5. The van der Waals surface area contributed by atoms with Crippen LogP contribution in [0.4, 0.5) is 4.39 Å². The van der Waals surface area contributed by atoms with Crippen LogP contribution in [0.2, 0.25) is 0 Å². The van der Waals surface area contributed by atoms with Gasteiger partial charge >= 0.3 is 0 Å². The normalized spacial score (nSPS) is 16.5. The first-order valence-corrected chi connectivity index (χ1v) is 8.80. The average molecular weight is 339 g/mol. The van der Waals surface area contributed by atoms with Gasteiger partial charge < -0.3 is 9.42 Å². The fourth-order valence-electron chi connectivity index (χ4n) is 3.39. The first-order valence-electron chi connectivity index (χ1n) is 8.80.